The fourth-order valence-electron chi connectivity index (χ4n) is 4.26. The minimum absolute atomic E-state index is 0.0597. The van der Waals surface area contributed by atoms with Gasteiger partial charge in [0.05, 0.1) is 24.7 Å². The first-order valence-electron chi connectivity index (χ1n) is 10.9. The number of methoxy groups -OCH3 is 1. The predicted molar refractivity (Wildman–Crippen MR) is 127 cm³/mol. The minimum atomic E-state index is 0.0597. The van der Waals surface area contributed by atoms with Crippen molar-refractivity contribution in [3.8, 4) is 11.5 Å². The van der Waals surface area contributed by atoms with Crippen LogP contribution >= 0.6 is 0 Å². The third kappa shape index (κ3) is 4.40. The van der Waals surface area contributed by atoms with Gasteiger partial charge in [-0.1, -0.05) is 36.4 Å². The van der Waals surface area contributed by atoms with E-state index in [0.717, 1.165) is 22.4 Å². The monoisotopic (exact) mass is 431 g/mol. The topological polar surface area (TPSA) is 56.6 Å². The summed E-state index contributed by atoms with van der Waals surface area (Å²) >= 11 is 0. The number of fused-ring (bicyclic) bond motifs is 1. The molecule has 0 bridgehead atoms. The van der Waals surface area contributed by atoms with Crippen molar-refractivity contribution in [1.29, 1.82) is 0 Å². The molecule has 1 atom stereocenters. The van der Waals surface area contributed by atoms with Crippen LogP contribution in [0.4, 0.5) is 0 Å². The van der Waals surface area contributed by atoms with E-state index in [1.54, 1.807) is 13.2 Å². The quantitative estimate of drug-likeness (QED) is 0.463. The van der Waals surface area contributed by atoms with E-state index in [2.05, 4.69) is 17.2 Å². The summed E-state index contributed by atoms with van der Waals surface area (Å²) in [6.07, 6.45) is 6.25. The van der Waals surface area contributed by atoms with Crippen LogP contribution in [0.2, 0.25) is 0 Å². The van der Waals surface area contributed by atoms with Crippen molar-refractivity contribution in [2.24, 2.45) is 0 Å². The number of hydrogen-bond acceptors (Lipinski definition) is 4. The lowest BCUT2D eigenvalue weighted by atomic mass is 10.1. The number of rotatable bonds is 9. The van der Waals surface area contributed by atoms with Crippen molar-refractivity contribution < 1.29 is 14.3 Å². The molecule has 2 heterocycles. The maximum absolute atomic E-state index is 12.4. The molecule has 1 aliphatic heterocycles. The summed E-state index contributed by atoms with van der Waals surface area (Å²) in [6, 6.07) is 14.0. The Labute approximate surface area is 188 Å². The largest absolute Gasteiger partial charge is 0.493 e. The highest BCUT2D eigenvalue weighted by atomic mass is 16.5. The van der Waals surface area contributed by atoms with Crippen LogP contribution in [0.15, 0.2) is 61.2 Å². The minimum Gasteiger partial charge on any atom is -0.493 e. The molecule has 1 aromatic heterocycles. The molecule has 3 aromatic rings. The Kier molecular flexibility index (Phi) is 6.59. The highest BCUT2D eigenvalue weighted by molar-refractivity contribution is 5.81. The summed E-state index contributed by atoms with van der Waals surface area (Å²) in [6.45, 7) is 8.07. The molecule has 2 aromatic carbocycles. The molecular formula is C26H29N3O3. The summed E-state index contributed by atoms with van der Waals surface area (Å²) in [5, 5.41) is 0. The average Bonchev–Trinajstić information content (AvgIpc) is 3.35. The van der Waals surface area contributed by atoms with Gasteiger partial charge in [0.1, 0.15) is 12.4 Å². The van der Waals surface area contributed by atoms with E-state index >= 15 is 0 Å². The molecule has 0 N–H and O–H groups in total. The molecule has 1 saturated heterocycles. The number of likely N-dealkylation sites (tertiary alicyclic amines) is 1. The smallest absolute Gasteiger partial charge is 0.223 e. The van der Waals surface area contributed by atoms with Crippen molar-refractivity contribution in [1.82, 2.24) is 14.5 Å². The zero-order valence-corrected chi connectivity index (χ0v) is 18.7. The molecule has 1 aliphatic rings. The van der Waals surface area contributed by atoms with Gasteiger partial charge < -0.3 is 18.9 Å². The van der Waals surface area contributed by atoms with Crippen LogP contribution < -0.4 is 9.47 Å². The molecule has 6 heteroatoms. The number of amides is 1. The van der Waals surface area contributed by atoms with Crippen LogP contribution in [-0.4, -0.2) is 47.2 Å². The standard InChI is InChI=1S/C26H29N3O3/c1-4-8-19-11-12-23(24(16-19)31-3)32-15-14-29-22-10-7-6-9-21(22)27-26(29)20-17-25(30)28(18-20)13-5-2/h4-12,16,20H,2,13-15,17-18H2,1,3H3/b8-4-/t20-/m0/s1. The Morgan fingerprint density at radius 1 is 1.22 bits per heavy atom. The highest BCUT2D eigenvalue weighted by Gasteiger charge is 2.33. The van der Waals surface area contributed by atoms with Gasteiger partial charge in [0.2, 0.25) is 5.91 Å². The van der Waals surface area contributed by atoms with E-state index in [9.17, 15) is 4.79 Å². The second kappa shape index (κ2) is 9.73. The van der Waals surface area contributed by atoms with E-state index in [1.165, 1.54) is 0 Å². The summed E-state index contributed by atoms with van der Waals surface area (Å²) < 4.78 is 13.8. The van der Waals surface area contributed by atoms with Gasteiger partial charge in [-0.3, -0.25) is 4.79 Å². The van der Waals surface area contributed by atoms with E-state index in [-0.39, 0.29) is 11.8 Å². The highest BCUT2D eigenvalue weighted by Crippen LogP contribution is 2.31. The van der Waals surface area contributed by atoms with Gasteiger partial charge in [0.15, 0.2) is 11.5 Å². The third-order valence-electron chi connectivity index (χ3n) is 5.73. The number of hydrogen-bond donors (Lipinski definition) is 0. The van der Waals surface area contributed by atoms with Crippen molar-refractivity contribution in [3.63, 3.8) is 0 Å². The van der Waals surface area contributed by atoms with Crippen LogP contribution in [0, 0.1) is 0 Å². The zero-order chi connectivity index (χ0) is 22.5. The van der Waals surface area contributed by atoms with Crippen molar-refractivity contribution in [3.05, 3.63) is 72.6 Å². The Morgan fingerprint density at radius 2 is 2.06 bits per heavy atom. The number of benzene rings is 2. The van der Waals surface area contributed by atoms with Crippen LogP contribution in [0.3, 0.4) is 0 Å². The van der Waals surface area contributed by atoms with Gasteiger partial charge in [0, 0.05) is 25.4 Å². The van der Waals surface area contributed by atoms with Crippen LogP contribution in [-0.2, 0) is 11.3 Å². The molecule has 32 heavy (non-hydrogen) atoms. The lowest BCUT2D eigenvalue weighted by Gasteiger charge is -2.16. The van der Waals surface area contributed by atoms with E-state index < -0.39 is 0 Å². The fraction of sp³-hybridized carbons (Fsp3) is 0.308. The molecule has 0 radical (unpaired) electrons. The lowest BCUT2D eigenvalue weighted by Crippen LogP contribution is -2.25. The molecule has 166 valence electrons. The molecule has 0 spiro atoms. The van der Waals surface area contributed by atoms with Crippen LogP contribution in [0.1, 0.15) is 30.7 Å². The molecule has 1 fully saturated rings. The van der Waals surface area contributed by atoms with Gasteiger partial charge >= 0.3 is 0 Å². The van der Waals surface area contributed by atoms with Gasteiger partial charge in [-0.15, -0.1) is 6.58 Å². The second-order valence-electron chi connectivity index (χ2n) is 7.86. The first-order valence-corrected chi connectivity index (χ1v) is 10.9. The number of allylic oxidation sites excluding steroid dienone is 1. The summed E-state index contributed by atoms with van der Waals surface area (Å²) in [5.41, 5.74) is 3.05. The normalized spacial score (nSPS) is 16.2. The van der Waals surface area contributed by atoms with E-state index in [0.29, 0.717) is 44.2 Å². The van der Waals surface area contributed by atoms with Gasteiger partial charge in [-0.05, 0) is 36.8 Å². The molecule has 0 aliphatic carbocycles. The number of imidazole rings is 1. The van der Waals surface area contributed by atoms with Gasteiger partial charge in [-0.25, -0.2) is 4.98 Å². The van der Waals surface area contributed by atoms with Crippen molar-refractivity contribution >= 4 is 23.0 Å². The summed E-state index contributed by atoms with van der Waals surface area (Å²) in [7, 11) is 1.65. The molecule has 6 nitrogen and oxygen atoms in total. The van der Waals surface area contributed by atoms with Crippen molar-refractivity contribution in [2.75, 3.05) is 26.8 Å². The fourth-order valence-corrected chi connectivity index (χ4v) is 4.26. The molecule has 1 amide bonds. The number of carbonyl (C=O) groups is 1. The summed E-state index contributed by atoms with van der Waals surface area (Å²) in [4.78, 5) is 19.1. The maximum Gasteiger partial charge on any atom is 0.223 e. The SMILES string of the molecule is C=CCN1C[C@@H](c2nc3ccccc3n2CCOc2ccc(/C=C\C)cc2OC)CC1=O. The number of nitrogens with zero attached hydrogens (tertiary/aromatic N) is 3. The Bertz CT molecular complexity index is 1150. The Morgan fingerprint density at radius 3 is 2.84 bits per heavy atom. The van der Waals surface area contributed by atoms with Gasteiger partial charge in [-0.2, -0.15) is 0 Å². The first-order chi connectivity index (χ1) is 15.6. The second-order valence-corrected chi connectivity index (χ2v) is 7.86. The third-order valence-corrected chi connectivity index (χ3v) is 5.73. The number of carbonyl (C=O) groups excluding carboxylic acids is 1. The zero-order valence-electron chi connectivity index (χ0n) is 18.7. The maximum atomic E-state index is 12.4. The van der Waals surface area contributed by atoms with Gasteiger partial charge in [0.25, 0.3) is 0 Å². The van der Waals surface area contributed by atoms with Crippen molar-refractivity contribution in [2.45, 2.75) is 25.8 Å². The number of para-hydroxylation sites is 2. The average molecular weight is 432 g/mol. The molecular weight excluding hydrogens is 402 g/mol. The van der Waals surface area contributed by atoms with E-state index in [1.807, 2.05) is 60.4 Å². The Balaban J connectivity index is 1.55. The van der Waals surface area contributed by atoms with Crippen LogP contribution in [0.5, 0.6) is 11.5 Å². The number of ether oxygens (including phenoxy) is 2. The van der Waals surface area contributed by atoms with E-state index in [4.69, 9.17) is 14.5 Å². The molecule has 4 rings (SSSR count). The molecule has 0 saturated carbocycles. The lowest BCUT2D eigenvalue weighted by molar-refractivity contribution is -0.127. The first kappa shape index (κ1) is 21.7. The molecule has 0 unspecified atom stereocenters. The number of aromatic nitrogens is 2. The summed E-state index contributed by atoms with van der Waals surface area (Å²) in [5.74, 6) is 2.56. The Hall–Kier alpha value is -3.54. The van der Waals surface area contributed by atoms with Crippen LogP contribution in [0.25, 0.3) is 17.1 Å². The predicted octanol–water partition coefficient (Wildman–Crippen LogP) is 4.66.